The molecule has 0 saturated carbocycles. The van der Waals surface area contributed by atoms with E-state index in [1.54, 1.807) is 12.3 Å². The van der Waals surface area contributed by atoms with Crippen molar-refractivity contribution in [2.45, 2.75) is 32.3 Å². The van der Waals surface area contributed by atoms with Crippen molar-refractivity contribution in [2.24, 2.45) is 0 Å². The van der Waals surface area contributed by atoms with Gasteiger partial charge in [0.25, 0.3) is 0 Å². The molecule has 0 atom stereocenters. The number of hydrogen-bond donors (Lipinski definition) is 2. The molecule has 0 aliphatic heterocycles. The highest BCUT2D eigenvalue weighted by atomic mass is 35.5. The lowest BCUT2D eigenvalue weighted by Crippen LogP contribution is -2.21. The molecule has 0 bridgehead atoms. The number of aromatic amines is 1. The lowest BCUT2D eigenvalue weighted by molar-refractivity contribution is 0.131. The quantitative estimate of drug-likeness (QED) is 0.627. The SMILES string of the molecule is C[Si](C)(C)CCOCc1n[nH]cc1-c1ccnc(O)c1Cl. The van der Waals surface area contributed by atoms with Crippen molar-refractivity contribution < 1.29 is 9.84 Å². The van der Waals surface area contributed by atoms with Gasteiger partial charge in [-0.05, 0) is 12.1 Å². The monoisotopic (exact) mass is 325 g/mol. The third-order valence-corrected chi connectivity index (χ3v) is 5.19. The Bertz CT molecular complexity index is 611. The largest absolute Gasteiger partial charge is 0.492 e. The number of aromatic nitrogens is 3. The van der Waals surface area contributed by atoms with E-state index in [9.17, 15) is 5.11 Å². The summed E-state index contributed by atoms with van der Waals surface area (Å²) in [6.45, 7) is 8.10. The number of ether oxygens (including phenoxy) is 1. The summed E-state index contributed by atoms with van der Waals surface area (Å²) in [4.78, 5) is 3.75. The second-order valence-electron chi connectivity index (χ2n) is 6.10. The lowest BCUT2D eigenvalue weighted by Gasteiger charge is -2.15. The Morgan fingerprint density at radius 3 is 2.81 bits per heavy atom. The Balaban J connectivity index is 2.07. The van der Waals surface area contributed by atoms with Crippen LogP contribution in [0.1, 0.15) is 5.69 Å². The molecular formula is C14H20ClN3O2Si. The summed E-state index contributed by atoms with van der Waals surface area (Å²) in [5.74, 6) is -0.180. The van der Waals surface area contributed by atoms with Gasteiger partial charge < -0.3 is 9.84 Å². The molecule has 5 nitrogen and oxygen atoms in total. The molecule has 7 heteroatoms. The number of rotatable bonds is 6. The molecule has 114 valence electrons. The molecule has 2 aromatic rings. The number of H-pyrrole nitrogens is 1. The molecule has 2 N–H and O–H groups in total. The van der Waals surface area contributed by atoms with Crippen LogP contribution in [0.5, 0.6) is 5.88 Å². The Morgan fingerprint density at radius 2 is 2.10 bits per heavy atom. The van der Waals surface area contributed by atoms with Crippen molar-refractivity contribution in [3.8, 4) is 17.0 Å². The van der Waals surface area contributed by atoms with Crippen molar-refractivity contribution in [3.05, 3.63) is 29.2 Å². The van der Waals surface area contributed by atoms with Crippen LogP contribution in [-0.2, 0) is 11.3 Å². The van der Waals surface area contributed by atoms with E-state index < -0.39 is 8.07 Å². The van der Waals surface area contributed by atoms with Crippen LogP contribution in [-0.4, -0.2) is 35.0 Å². The summed E-state index contributed by atoms with van der Waals surface area (Å²) in [6.07, 6.45) is 3.26. The van der Waals surface area contributed by atoms with Crippen LogP contribution < -0.4 is 0 Å². The van der Waals surface area contributed by atoms with Gasteiger partial charge in [0.2, 0.25) is 5.88 Å². The van der Waals surface area contributed by atoms with E-state index in [0.717, 1.165) is 23.9 Å². The van der Waals surface area contributed by atoms with E-state index in [0.29, 0.717) is 12.2 Å². The van der Waals surface area contributed by atoms with Gasteiger partial charge in [-0.1, -0.05) is 31.2 Å². The molecule has 0 aliphatic rings. The highest BCUT2D eigenvalue weighted by Crippen LogP contribution is 2.34. The predicted octanol–water partition coefficient (Wildman–Crippen LogP) is 3.69. The summed E-state index contributed by atoms with van der Waals surface area (Å²) in [7, 11) is -1.09. The van der Waals surface area contributed by atoms with Gasteiger partial charge in [0.1, 0.15) is 5.02 Å². The molecule has 0 radical (unpaired) electrons. The number of halogens is 1. The third kappa shape index (κ3) is 4.29. The Labute approximate surface area is 130 Å². The molecular weight excluding hydrogens is 306 g/mol. The molecule has 21 heavy (non-hydrogen) atoms. The van der Waals surface area contributed by atoms with Gasteiger partial charge in [-0.2, -0.15) is 5.10 Å². The average Bonchev–Trinajstić information content (AvgIpc) is 2.85. The Kier molecular flexibility index (Phi) is 5.03. The van der Waals surface area contributed by atoms with E-state index in [-0.39, 0.29) is 10.9 Å². The van der Waals surface area contributed by atoms with Crippen LogP contribution in [0.4, 0.5) is 0 Å². The first-order chi connectivity index (χ1) is 9.88. The molecule has 2 heterocycles. The molecule has 2 aromatic heterocycles. The predicted molar refractivity (Wildman–Crippen MR) is 86.3 cm³/mol. The van der Waals surface area contributed by atoms with E-state index in [2.05, 4.69) is 34.8 Å². The average molecular weight is 326 g/mol. The molecule has 0 amide bonds. The first-order valence-electron chi connectivity index (χ1n) is 6.83. The van der Waals surface area contributed by atoms with Crippen molar-refractivity contribution in [3.63, 3.8) is 0 Å². The number of pyridine rings is 1. The van der Waals surface area contributed by atoms with Crippen LogP contribution in [0.15, 0.2) is 18.5 Å². The zero-order valence-electron chi connectivity index (χ0n) is 12.5. The van der Waals surface area contributed by atoms with Crippen LogP contribution >= 0.6 is 11.6 Å². The summed E-state index contributed by atoms with van der Waals surface area (Å²) in [5.41, 5.74) is 2.30. The van der Waals surface area contributed by atoms with Crippen molar-refractivity contribution >= 4 is 19.7 Å². The summed E-state index contributed by atoms with van der Waals surface area (Å²) >= 11 is 6.09. The molecule has 0 fully saturated rings. The molecule has 0 unspecified atom stereocenters. The lowest BCUT2D eigenvalue weighted by atomic mass is 10.1. The maximum absolute atomic E-state index is 9.59. The highest BCUT2D eigenvalue weighted by Gasteiger charge is 2.16. The first-order valence-corrected chi connectivity index (χ1v) is 10.9. The van der Waals surface area contributed by atoms with Gasteiger partial charge in [0, 0.05) is 38.2 Å². The second-order valence-corrected chi connectivity index (χ2v) is 12.1. The van der Waals surface area contributed by atoms with E-state index >= 15 is 0 Å². The van der Waals surface area contributed by atoms with E-state index in [1.807, 2.05) is 0 Å². The Hall–Kier alpha value is -1.37. The fourth-order valence-corrected chi connectivity index (χ4v) is 2.82. The topological polar surface area (TPSA) is 71.0 Å². The molecule has 2 rings (SSSR count). The first kappa shape index (κ1) is 16.0. The van der Waals surface area contributed by atoms with Gasteiger partial charge in [-0.25, -0.2) is 4.98 Å². The van der Waals surface area contributed by atoms with Crippen LogP contribution in [0.25, 0.3) is 11.1 Å². The molecule has 0 aromatic carbocycles. The third-order valence-electron chi connectivity index (χ3n) is 3.12. The number of aromatic hydroxyl groups is 1. The van der Waals surface area contributed by atoms with Gasteiger partial charge in [0.15, 0.2) is 0 Å². The maximum Gasteiger partial charge on any atom is 0.230 e. The van der Waals surface area contributed by atoms with Gasteiger partial charge >= 0.3 is 0 Å². The summed E-state index contributed by atoms with van der Waals surface area (Å²) in [5, 5.41) is 16.8. The minimum atomic E-state index is -1.09. The fourth-order valence-electron chi connectivity index (χ4n) is 1.85. The van der Waals surface area contributed by atoms with Crippen LogP contribution in [0.3, 0.4) is 0 Å². The van der Waals surface area contributed by atoms with Crippen molar-refractivity contribution in [2.75, 3.05) is 6.61 Å². The molecule has 0 aliphatic carbocycles. The number of hydrogen-bond acceptors (Lipinski definition) is 4. The standard InChI is InChI=1S/C14H20ClN3O2Si/c1-21(2,3)7-6-20-9-12-11(8-17-18-12)10-4-5-16-14(19)13(10)15/h4-5,8H,6-7,9H2,1-3H3,(H,16,19)(H,17,18). The van der Waals surface area contributed by atoms with Crippen LogP contribution in [0.2, 0.25) is 30.7 Å². The zero-order chi connectivity index (χ0) is 15.5. The highest BCUT2D eigenvalue weighted by molar-refractivity contribution is 6.76. The summed E-state index contributed by atoms with van der Waals surface area (Å²) < 4.78 is 5.72. The van der Waals surface area contributed by atoms with Crippen LogP contribution in [0, 0.1) is 0 Å². The second kappa shape index (κ2) is 6.59. The van der Waals surface area contributed by atoms with E-state index in [4.69, 9.17) is 16.3 Å². The molecule has 0 saturated heterocycles. The minimum Gasteiger partial charge on any atom is -0.492 e. The van der Waals surface area contributed by atoms with Gasteiger partial charge in [0.05, 0.1) is 12.3 Å². The smallest absolute Gasteiger partial charge is 0.230 e. The van der Waals surface area contributed by atoms with Gasteiger partial charge in [-0.3, -0.25) is 5.10 Å². The maximum atomic E-state index is 9.59. The minimum absolute atomic E-state index is 0.180. The van der Waals surface area contributed by atoms with Crippen molar-refractivity contribution in [1.82, 2.24) is 15.2 Å². The fraction of sp³-hybridized carbons (Fsp3) is 0.429. The zero-order valence-corrected chi connectivity index (χ0v) is 14.2. The molecule has 0 spiro atoms. The van der Waals surface area contributed by atoms with E-state index in [1.165, 1.54) is 6.20 Å². The van der Waals surface area contributed by atoms with Crippen molar-refractivity contribution in [1.29, 1.82) is 0 Å². The summed E-state index contributed by atoms with van der Waals surface area (Å²) in [6, 6.07) is 2.86. The number of nitrogens with zero attached hydrogens (tertiary/aromatic N) is 2. The number of nitrogens with one attached hydrogen (secondary N) is 1. The Morgan fingerprint density at radius 1 is 1.33 bits per heavy atom. The van der Waals surface area contributed by atoms with Gasteiger partial charge in [-0.15, -0.1) is 0 Å². The normalized spacial score (nSPS) is 11.8.